The van der Waals surface area contributed by atoms with E-state index in [0.29, 0.717) is 0 Å². The fraction of sp³-hybridized carbons (Fsp3) is 0.588. The van der Waals surface area contributed by atoms with Crippen LogP contribution in [-0.2, 0) is 19.1 Å². The Morgan fingerprint density at radius 3 is 0.978 bits per heavy atom. The van der Waals surface area contributed by atoms with Crippen molar-refractivity contribution in [2.45, 2.75) is 94.3 Å². The van der Waals surface area contributed by atoms with E-state index in [-0.39, 0.29) is 22.3 Å². The van der Waals surface area contributed by atoms with Gasteiger partial charge in [0.15, 0.2) is 34.7 Å². The number of nitrogens with one attached hydrogen (secondary N) is 2. The van der Waals surface area contributed by atoms with Crippen molar-refractivity contribution >= 4 is 46.9 Å². The number of hydrogen-bond acceptors (Lipinski definition) is 10. The van der Waals surface area contributed by atoms with Gasteiger partial charge in [-0.05, 0) is 65.5 Å². The summed E-state index contributed by atoms with van der Waals surface area (Å²) in [4.78, 5) is 100. The molecular weight excluding hydrogens is 596 g/mol. The van der Waals surface area contributed by atoms with Gasteiger partial charge in [0.25, 0.3) is 0 Å². The molecule has 0 saturated heterocycles. The molecule has 0 fully saturated rings. The van der Waals surface area contributed by atoms with Crippen LogP contribution in [0.3, 0.4) is 0 Å². The first kappa shape index (κ1) is 39.8. The van der Waals surface area contributed by atoms with Crippen molar-refractivity contribution in [3.63, 3.8) is 0 Å². The van der Waals surface area contributed by atoms with Crippen LogP contribution >= 0.6 is 0 Å². The van der Waals surface area contributed by atoms with Gasteiger partial charge in [-0.3, -0.25) is 28.8 Å². The molecule has 0 aromatic heterocycles. The highest BCUT2D eigenvalue weighted by molar-refractivity contribution is 6.40. The van der Waals surface area contributed by atoms with Crippen LogP contribution in [0, 0.1) is 23.7 Å². The number of rotatable bonds is 6. The largest absolute Gasteiger partial charge is 0.444 e. The Morgan fingerprint density at radius 1 is 0.565 bits per heavy atom. The fourth-order valence-electron chi connectivity index (χ4n) is 4.01. The molecule has 2 amide bonds. The van der Waals surface area contributed by atoms with E-state index in [4.69, 9.17) is 9.47 Å². The van der Waals surface area contributed by atoms with Gasteiger partial charge in [0, 0.05) is 22.3 Å². The van der Waals surface area contributed by atoms with Gasteiger partial charge in [0.05, 0.1) is 13.1 Å². The zero-order valence-corrected chi connectivity index (χ0v) is 29.0. The van der Waals surface area contributed by atoms with Gasteiger partial charge >= 0.3 is 12.2 Å². The zero-order valence-electron chi connectivity index (χ0n) is 29.0. The molecule has 0 heterocycles. The Hall–Kier alpha value is -4.22. The SMILES string of the molecule is CC(C)(C)OC(=O)NCC(=O)C1C(=O)c2cc3c(cc2C1=O)C(=O)C(C(=O)CNC(=O)OC(C)(C)C)C3=O.CC(C)C.CC(C)C. The second-order valence-electron chi connectivity index (χ2n) is 14.4. The van der Waals surface area contributed by atoms with Crippen LogP contribution in [0.2, 0.25) is 0 Å². The number of amides is 2. The molecule has 1 aromatic carbocycles. The third kappa shape index (κ3) is 11.6. The molecule has 254 valence electrons. The Kier molecular flexibility index (Phi) is 13.7. The van der Waals surface area contributed by atoms with E-state index in [0.717, 1.165) is 24.0 Å². The summed E-state index contributed by atoms with van der Waals surface area (Å²) in [6, 6.07) is 2.07. The number of ketones is 6. The van der Waals surface area contributed by atoms with Crippen molar-refractivity contribution < 1.29 is 47.8 Å². The van der Waals surface area contributed by atoms with E-state index in [1.165, 1.54) is 0 Å². The topological polar surface area (TPSA) is 179 Å². The van der Waals surface area contributed by atoms with Gasteiger partial charge in [-0.2, -0.15) is 0 Å². The number of alkyl carbamates (subject to hydrolysis) is 2. The van der Waals surface area contributed by atoms with Crippen LogP contribution in [0.15, 0.2) is 12.1 Å². The van der Waals surface area contributed by atoms with Crippen molar-refractivity contribution in [3.05, 3.63) is 34.4 Å². The average molecular weight is 645 g/mol. The number of ether oxygens (including phenoxy) is 2. The standard InChI is InChI=1S/C26H28N2O10.2C4H10/c1-25(2,3)37-23(35)27-9-15(29)17-19(31)11-7-13-14(8-12(11)20(17)32)22(34)18(21(13)33)16(30)10-28-24(36)38-26(4,5)6;2*1-4(2)3/h7-8,17-18H,9-10H2,1-6H3,(H,27,35)(H,28,36);2*4H,1-3H3. The van der Waals surface area contributed by atoms with Crippen LogP contribution < -0.4 is 10.6 Å². The lowest BCUT2D eigenvalue weighted by Crippen LogP contribution is -2.39. The molecule has 0 bridgehead atoms. The van der Waals surface area contributed by atoms with Gasteiger partial charge in [-0.1, -0.05) is 41.5 Å². The highest BCUT2D eigenvalue weighted by atomic mass is 16.6. The maximum atomic E-state index is 12.9. The number of benzene rings is 1. The molecule has 12 heteroatoms. The van der Waals surface area contributed by atoms with Gasteiger partial charge in [-0.25, -0.2) is 9.59 Å². The minimum absolute atomic E-state index is 0.231. The number of fused-ring (bicyclic) bond motifs is 2. The number of carbonyl (C=O) groups excluding carboxylic acids is 8. The second kappa shape index (κ2) is 15.9. The maximum Gasteiger partial charge on any atom is 0.408 e. The average Bonchev–Trinajstić information content (AvgIpc) is 3.26. The van der Waals surface area contributed by atoms with Crippen LogP contribution in [0.25, 0.3) is 0 Å². The first-order valence-corrected chi connectivity index (χ1v) is 15.2. The summed E-state index contributed by atoms with van der Waals surface area (Å²) in [5.41, 5.74) is -2.58. The molecule has 0 spiro atoms. The van der Waals surface area contributed by atoms with Crippen molar-refractivity contribution in [2.24, 2.45) is 23.7 Å². The van der Waals surface area contributed by atoms with E-state index in [2.05, 4.69) is 52.2 Å². The normalized spacial score (nSPS) is 14.6. The molecular formula is C34H48N2O10. The predicted octanol–water partition coefficient (Wildman–Crippen LogP) is 5.19. The summed E-state index contributed by atoms with van der Waals surface area (Å²) < 4.78 is 10.0. The molecule has 1 aromatic rings. The summed E-state index contributed by atoms with van der Waals surface area (Å²) in [5.74, 6) is -7.14. The van der Waals surface area contributed by atoms with Crippen LogP contribution in [0.1, 0.15) is 125 Å². The molecule has 46 heavy (non-hydrogen) atoms. The molecule has 0 saturated carbocycles. The Labute approximate surface area is 270 Å². The van der Waals surface area contributed by atoms with Gasteiger partial charge in [0.1, 0.15) is 23.0 Å². The summed E-state index contributed by atoms with van der Waals surface area (Å²) in [5, 5.41) is 4.39. The van der Waals surface area contributed by atoms with E-state index in [9.17, 15) is 38.4 Å². The molecule has 2 N–H and O–H groups in total. The monoisotopic (exact) mass is 644 g/mol. The van der Waals surface area contributed by atoms with Crippen LogP contribution in [0.5, 0.6) is 0 Å². The Balaban J connectivity index is 0.00000118. The summed E-state index contributed by atoms with van der Waals surface area (Å²) in [7, 11) is 0. The van der Waals surface area contributed by atoms with Gasteiger partial charge < -0.3 is 20.1 Å². The second-order valence-corrected chi connectivity index (χ2v) is 14.4. The lowest BCUT2D eigenvalue weighted by Gasteiger charge is -2.19. The number of Topliss-reactive ketones (excluding diaryl/α,β-unsaturated/α-hetero) is 6. The molecule has 0 aliphatic heterocycles. The molecule has 12 nitrogen and oxygen atoms in total. The number of hydrogen-bond donors (Lipinski definition) is 2. The highest BCUT2D eigenvalue weighted by Crippen LogP contribution is 2.35. The summed E-state index contributed by atoms with van der Waals surface area (Å²) in [6.07, 6.45) is -1.82. The molecule has 2 aliphatic carbocycles. The third-order valence-corrected chi connectivity index (χ3v) is 5.52. The van der Waals surface area contributed by atoms with Crippen LogP contribution in [0.4, 0.5) is 9.59 Å². The minimum Gasteiger partial charge on any atom is -0.444 e. The summed E-state index contributed by atoms with van der Waals surface area (Å²) in [6.45, 7) is 21.4. The maximum absolute atomic E-state index is 12.9. The lowest BCUT2D eigenvalue weighted by atomic mass is 9.97. The van der Waals surface area contributed by atoms with E-state index >= 15 is 0 Å². The fourth-order valence-corrected chi connectivity index (χ4v) is 4.01. The van der Waals surface area contributed by atoms with E-state index in [1.54, 1.807) is 41.5 Å². The molecule has 0 unspecified atom stereocenters. The first-order chi connectivity index (χ1) is 20.9. The van der Waals surface area contributed by atoms with Crippen LogP contribution in [-0.4, -0.2) is 71.2 Å². The minimum atomic E-state index is -1.75. The van der Waals surface area contributed by atoms with Crippen molar-refractivity contribution in [1.82, 2.24) is 10.6 Å². The number of carbonyl (C=O) groups is 8. The Morgan fingerprint density at radius 2 is 0.783 bits per heavy atom. The van der Waals surface area contributed by atoms with Crippen molar-refractivity contribution in [1.29, 1.82) is 0 Å². The van der Waals surface area contributed by atoms with Gasteiger partial charge in [0.2, 0.25) is 0 Å². The predicted molar refractivity (Wildman–Crippen MR) is 170 cm³/mol. The van der Waals surface area contributed by atoms with E-state index < -0.39 is 83.0 Å². The zero-order chi connectivity index (χ0) is 35.9. The van der Waals surface area contributed by atoms with Crippen molar-refractivity contribution in [2.75, 3.05) is 13.1 Å². The molecule has 2 aliphatic rings. The summed E-state index contributed by atoms with van der Waals surface area (Å²) >= 11 is 0. The van der Waals surface area contributed by atoms with Crippen molar-refractivity contribution in [3.8, 4) is 0 Å². The molecule has 3 rings (SSSR count). The Bertz CT molecular complexity index is 1230. The smallest absolute Gasteiger partial charge is 0.408 e. The van der Waals surface area contributed by atoms with E-state index in [1.807, 2.05) is 0 Å². The third-order valence-electron chi connectivity index (χ3n) is 5.52. The van der Waals surface area contributed by atoms with Gasteiger partial charge in [-0.15, -0.1) is 0 Å². The lowest BCUT2D eigenvalue weighted by molar-refractivity contribution is -0.120. The first-order valence-electron chi connectivity index (χ1n) is 15.2. The highest BCUT2D eigenvalue weighted by Gasteiger charge is 2.48. The molecule has 0 atom stereocenters. The molecule has 0 radical (unpaired) electrons. The quantitative estimate of drug-likeness (QED) is 0.392.